The average Bonchev–Trinajstić information content (AvgIpc) is 3.00. The minimum absolute atomic E-state index is 0.0410. The Labute approximate surface area is 132 Å². The number of hydrogen-bond donors (Lipinski definition) is 1. The van der Waals surface area contributed by atoms with Crippen molar-refractivity contribution in [3.05, 3.63) is 59.7 Å². The second-order valence-corrected chi connectivity index (χ2v) is 6.67. The predicted molar refractivity (Wildman–Crippen MR) is 87.9 cm³/mol. The van der Waals surface area contributed by atoms with Crippen molar-refractivity contribution < 1.29 is 9.59 Å². The van der Waals surface area contributed by atoms with Crippen LogP contribution in [-0.2, 0) is 14.5 Å². The summed E-state index contributed by atoms with van der Waals surface area (Å²) in [6.07, 6.45) is 0. The van der Waals surface area contributed by atoms with Crippen LogP contribution >= 0.6 is 11.8 Å². The topological polar surface area (TPSA) is 49.4 Å². The first kappa shape index (κ1) is 13.4. The van der Waals surface area contributed by atoms with Crippen LogP contribution in [0, 0.1) is 6.92 Å². The predicted octanol–water partition coefficient (Wildman–Crippen LogP) is 2.88. The zero-order valence-electron chi connectivity index (χ0n) is 12.0. The van der Waals surface area contributed by atoms with E-state index < -0.39 is 4.87 Å². The first-order chi connectivity index (χ1) is 10.6. The van der Waals surface area contributed by atoms with Gasteiger partial charge in [0, 0.05) is 16.9 Å². The molecule has 22 heavy (non-hydrogen) atoms. The van der Waals surface area contributed by atoms with Crippen molar-refractivity contribution >= 4 is 35.0 Å². The van der Waals surface area contributed by atoms with Gasteiger partial charge in [-0.15, -0.1) is 11.8 Å². The molecule has 0 bridgehead atoms. The third-order valence-corrected chi connectivity index (χ3v) is 5.51. The molecule has 4 rings (SSSR count). The average molecular weight is 310 g/mol. The van der Waals surface area contributed by atoms with E-state index in [1.54, 1.807) is 4.90 Å². The van der Waals surface area contributed by atoms with Crippen LogP contribution in [0.25, 0.3) is 0 Å². The summed E-state index contributed by atoms with van der Waals surface area (Å²) in [5, 5.41) is 2.91. The number of thioether (sulfide) groups is 1. The number of carbonyl (C=O) groups is 2. The Morgan fingerprint density at radius 1 is 1.09 bits per heavy atom. The minimum atomic E-state index is -0.983. The van der Waals surface area contributed by atoms with E-state index in [4.69, 9.17) is 0 Å². The zero-order valence-corrected chi connectivity index (χ0v) is 12.8. The van der Waals surface area contributed by atoms with E-state index in [1.165, 1.54) is 11.8 Å². The maximum Gasteiger partial charge on any atom is 0.266 e. The number of amides is 2. The van der Waals surface area contributed by atoms with Crippen molar-refractivity contribution in [2.24, 2.45) is 0 Å². The molecule has 2 heterocycles. The minimum Gasteiger partial charge on any atom is -0.323 e. The Kier molecular flexibility index (Phi) is 2.81. The lowest BCUT2D eigenvalue weighted by Crippen LogP contribution is -2.47. The van der Waals surface area contributed by atoms with Crippen LogP contribution in [-0.4, -0.2) is 17.6 Å². The van der Waals surface area contributed by atoms with E-state index in [2.05, 4.69) is 5.32 Å². The number of nitrogens with one attached hydrogen (secondary N) is 1. The Bertz CT molecular complexity index is 788. The van der Waals surface area contributed by atoms with Gasteiger partial charge in [-0.2, -0.15) is 0 Å². The quantitative estimate of drug-likeness (QED) is 0.881. The number of para-hydroxylation sites is 1. The Morgan fingerprint density at radius 3 is 2.59 bits per heavy atom. The molecule has 110 valence electrons. The smallest absolute Gasteiger partial charge is 0.266 e. The molecule has 2 aromatic carbocycles. The molecule has 0 unspecified atom stereocenters. The number of rotatable bonds is 1. The molecule has 1 N–H and O–H groups in total. The molecule has 0 radical (unpaired) electrons. The fourth-order valence-electron chi connectivity index (χ4n) is 3.07. The number of hydrogen-bond acceptors (Lipinski definition) is 3. The van der Waals surface area contributed by atoms with Gasteiger partial charge in [-0.05, 0) is 25.1 Å². The number of fused-ring (bicyclic) bond motifs is 2. The van der Waals surface area contributed by atoms with E-state index >= 15 is 0 Å². The Hall–Kier alpha value is -2.27. The highest BCUT2D eigenvalue weighted by Crippen LogP contribution is 2.53. The fraction of sp³-hybridized carbons (Fsp3) is 0.176. The maximum absolute atomic E-state index is 12.7. The second kappa shape index (κ2) is 4.61. The van der Waals surface area contributed by atoms with Gasteiger partial charge in [-0.3, -0.25) is 14.5 Å². The molecule has 0 saturated carbocycles. The second-order valence-electron chi connectivity index (χ2n) is 5.50. The lowest BCUT2D eigenvalue weighted by Gasteiger charge is -2.32. The fourth-order valence-corrected chi connectivity index (χ4v) is 4.39. The highest BCUT2D eigenvalue weighted by Gasteiger charge is 2.58. The van der Waals surface area contributed by atoms with Gasteiger partial charge in [0.15, 0.2) is 0 Å². The van der Waals surface area contributed by atoms with Gasteiger partial charge < -0.3 is 5.32 Å². The molecule has 1 saturated heterocycles. The summed E-state index contributed by atoms with van der Waals surface area (Å²) in [7, 11) is 0. The first-order valence-corrected chi connectivity index (χ1v) is 8.06. The third-order valence-electron chi connectivity index (χ3n) is 4.11. The molecular formula is C17H14N2O2S. The number of aryl methyl sites for hydroxylation is 1. The van der Waals surface area contributed by atoms with E-state index in [0.717, 1.165) is 22.5 Å². The van der Waals surface area contributed by atoms with E-state index in [1.807, 2.05) is 55.5 Å². The van der Waals surface area contributed by atoms with Crippen LogP contribution in [0.1, 0.15) is 11.1 Å². The summed E-state index contributed by atoms with van der Waals surface area (Å²) in [4.78, 5) is 25.9. The largest absolute Gasteiger partial charge is 0.323 e. The van der Waals surface area contributed by atoms with Gasteiger partial charge in [0.1, 0.15) is 0 Å². The number of benzene rings is 2. The number of anilines is 2. The molecule has 0 aromatic heterocycles. The van der Waals surface area contributed by atoms with Gasteiger partial charge in [0.2, 0.25) is 10.8 Å². The van der Waals surface area contributed by atoms with Gasteiger partial charge >= 0.3 is 0 Å². The zero-order chi connectivity index (χ0) is 15.3. The van der Waals surface area contributed by atoms with Crippen LogP contribution in [0.2, 0.25) is 0 Å². The highest BCUT2D eigenvalue weighted by molar-refractivity contribution is 8.02. The van der Waals surface area contributed by atoms with Crippen LogP contribution in [0.5, 0.6) is 0 Å². The normalized spacial score (nSPS) is 23.0. The van der Waals surface area contributed by atoms with Gasteiger partial charge in [0.05, 0.1) is 5.75 Å². The summed E-state index contributed by atoms with van der Waals surface area (Å²) in [5.74, 6) is 0.112. The molecular weight excluding hydrogens is 296 g/mol. The Balaban J connectivity index is 1.92. The van der Waals surface area contributed by atoms with E-state index in [0.29, 0.717) is 5.75 Å². The van der Waals surface area contributed by atoms with Crippen molar-refractivity contribution in [3.63, 3.8) is 0 Å². The molecule has 2 aromatic rings. The lowest BCUT2D eigenvalue weighted by molar-refractivity contribution is -0.122. The van der Waals surface area contributed by atoms with Crippen molar-refractivity contribution in [1.82, 2.24) is 0 Å². The molecule has 2 aliphatic rings. The first-order valence-electron chi connectivity index (χ1n) is 7.07. The molecule has 0 aliphatic carbocycles. The number of carbonyl (C=O) groups excluding carboxylic acids is 2. The van der Waals surface area contributed by atoms with Crippen molar-refractivity contribution in [1.29, 1.82) is 0 Å². The van der Waals surface area contributed by atoms with E-state index in [9.17, 15) is 9.59 Å². The monoisotopic (exact) mass is 310 g/mol. The van der Waals surface area contributed by atoms with Crippen LogP contribution in [0.4, 0.5) is 11.4 Å². The SMILES string of the molecule is Cc1ccc(N2C(=O)CS[C@]23C(=O)Nc2ccccc23)cc1. The summed E-state index contributed by atoms with van der Waals surface area (Å²) in [5.41, 5.74) is 3.52. The highest BCUT2D eigenvalue weighted by atomic mass is 32.2. The molecule has 4 nitrogen and oxygen atoms in total. The van der Waals surface area contributed by atoms with Crippen molar-refractivity contribution in [2.45, 2.75) is 11.8 Å². The van der Waals surface area contributed by atoms with Crippen molar-refractivity contribution in [3.8, 4) is 0 Å². The summed E-state index contributed by atoms with van der Waals surface area (Å²) in [6, 6.07) is 15.3. The van der Waals surface area contributed by atoms with Gasteiger partial charge in [-0.25, -0.2) is 0 Å². The Morgan fingerprint density at radius 2 is 1.82 bits per heavy atom. The summed E-state index contributed by atoms with van der Waals surface area (Å²) in [6.45, 7) is 2.00. The van der Waals surface area contributed by atoms with E-state index in [-0.39, 0.29) is 11.8 Å². The number of nitrogens with zero attached hydrogens (tertiary/aromatic N) is 1. The molecule has 1 spiro atoms. The van der Waals surface area contributed by atoms with Crippen LogP contribution in [0.15, 0.2) is 48.5 Å². The van der Waals surface area contributed by atoms with Gasteiger partial charge in [-0.1, -0.05) is 35.9 Å². The molecule has 2 amide bonds. The summed E-state index contributed by atoms with van der Waals surface area (Å²) >= 11 is 1.38. The molecule has 2 aliphatic heterocycles. The molecule has 5 heteroatoms. The lowest BCUT2D eigenvalue weighted by atomic mass is 10.0. The standard InChI is InChI=1S/C17H14N2O2S/c1-11-6-8-12(9-7-11)19-15(20)10-22-17(19)13-4-2-3-5-14(13)18-16(17)21/h2-9H,10H2,1H3,(H,18,21)/t17-/m1/s1. The third kappa shape index (κ3) is 1.66. The van der Waals surface area contributed by atoms with Crippen LogP contribution < -0.4 is 10.2 Å². The maximum atomic E-state index is 12.7. The van der Waals surface area contributed by atoms with Crippen molar-refractivity contribution in [2.75, 3.05) is 16.0 Å². The molecule has 1 fully saturated rings. The van der Waals surface area contributed by atoms with Gasteiger partial charge in [0.25, 0.3) is 5.91 Å². The summed E-state index contributed by atoms with van der Waals surface area (Å²) < 4.78 is 0. The van der Waals surface area contributed by atoms with Crippen LogP contribution in [0.3, 0.4) is 0 Å². The molecule has 1 atom stereocenters.